The second-order valence-electron chi connectivity index (χ2n) is 2.51. The monoisotopic (exact) mass is 194 g/mol. The van der Waals surface area contributed by atoms with Gasteiger partial charge in [-0.1, -0.05) is 42.5 Å². The van der Waals surface area contributed by atoms with Gasteiger partial charge < -0.3 is 10.2 Å². The second kappa shape index (κ2) is 8.01. The molecule has 0 heterocycles. The van der Waals surface area contributed by atoms with Gasteiger partial charge in [0.05, 0.1) is 6.61 Å². The van der Waals surface area contributed by atoms with E-state index < -0.39 is 5.97 Å². The molecule has 0 radical (unpaired) electrons. The Morgan fingerprint density at radius 3 is 2.29 bits per heavy atom. The molecule has 0 saturated heterocycles. The standard InChI is InChI=1S/C9H10O.C2H4O2/c10-8-4-7-9-5-2-1-3-6-9;1-2(3)4/h1-7,10H,8H2;1H3,(H,3,4). The highest BCUT2D eigenvalue weighted by molar-refractivity contribution is 5.62. The van der Waals surface area contributed by atoms with Gasteiger partial charge in [0, 0.05) is 6.92 Å². The molecule has 0 spiro atoms. The fourth-order valence-corrected chi connectivity index (χ4v) is 0.753. The molecular formula is C11H14O3. The number of carbonyl (C=O) groups is 1. The number of benzene rings is 1. The van der Waals surface area contributed by atoms with Crippen molar-refractivity contribution < 1.29 is 15.0 Å². The number of rotatable bonds is 2. The van der Waals surface area contributed by atoms with Crippen molar-refractivity contribution >= 4 is 12.0 Å². The summed E-state index contributed by atoms with van der Waals surface area (Å²) >= 11 is 0. The number of carboxylic acid groups (broad SMARTS) is 1. The van der Waals surface area contributed by atoms with Gasteiger partial charge in [-0.2, -0.15) is 0 Å². The molecule has 0 aliphatic heterocycles. The maximum absolute atomic E-state index is 9.00. The van der Waals surface area contributed by atoms with Crippen LogP contribution in [0.25, 0.3) is 6.08 Å². The fourth-order valence-electron chi connectivity index (χ4n) is 0.753. The Labute approximate surface area is 83.3 Å². The molecule has 0 bridgehead atoms. The molecule has 2 N–H and O–H groups in total. The van der Waals surface area contributed by atoms with Gasteiger partial charge in [0.2, 0.25) is 0 Å². The number of hydrogen-bond donors (Lipinski definition) is 2. The highest BCUT2D eigenvalue weighted by atomic mass is 16.4. The van der Waals surface area contributed by atoms with Gasteiger partial charge in [-0.05, 0) is 5.56 Å². The summed E-state index contributed by atoms with van der Waals surface area (Å²) < 4.78 is 0. The van der Waals surface area contributed by atoms with Crippen LogP contribution in [-0.4, -0.2) is 22.8 Å². The second-order valence-corrected chi connectivity index (χ2v) is 2.51. The quantitative estimate of drug-likeness (QED) is 0.754. The van der Waals surface area contributed by atoms with E-state index >= 15 is 0 Å². The van der Waals surface area contributed by atoms with Crippen LogP contribution in [0.4, 0.5) is 0 Å². The molecular weight excluding hydrogens is 180 g/mol. The van der Waals surface area contributed by atoms with Crippen molar-refractivity contribution in [2.45, 2.75) is 6.92 Å². The number of aliphatic hydroxyl groups excluding tert-OH is 1. The van der Waals surface area contributed by atoms with Gasteiger partial charge in [-0.3, -0.25) is 4.79 Å². The molecule has 0 atom stereocenters. The van der Waals surface area contributed by atoms with Gasteiger partial charge >= 0.3 is 0 Å². The number of aliphatic carboxylic acids is 1. The molecule has 0 saturated carbocycles. The first-order valence-corrected chi connectivity index (χ1v) is 4.18. The number of carboxylic acids is 1. The van der Waals surface area contributed by atoms with E-state index in [0.29, 0.717) is 0 Å². The summed E-state index contributed by atoms with van der Waals surface area (Å²) in [6.07, 6.45) is 3.61. The van der Waals surface area contributed by atoms with Crippen molar-refractivity contribution in [1.29, 1.82) is 0 Å². The van der Waals surface area contributed by atoms with Crippen LogP contribution in [0.2, 0.25) is 0 Å². The van der Waals surface area contributed by atoms with Crippen molar-refractivity contribution in [3.63, 3.8) is 0 Å². The highest BCUT2D eigenvalue weighted by Gasteiger charge is 1.79. The molecule has 1 aromatic carbocycles. The summed E-state index contributed by atoms with van der Waals surface area (Å²) in [5, 5.41) is 15.9. The summed E-state index contributed by atoms with van der Waals surface area (Å²) in [5.74, 6) is -0.833. The van der Waals surface area contributed by atoms with Crippen LogP contribution in [0.1, 0.15) is 12.5 Å². The molecule has 0 aliphatic carbocycles. The SMILES string of the molecule is CC(=O)O.OCC=Cc1ccccc1. The summed E-state index contributed by atoms with van der Waals surface area (Å²) in [6.45, 7) is 1.19. The Hall–Kier alpha value is -1.61. The van der Waals surface area contributed by atoms with Crippen LogP contribution >= 0.6 is 0 Å². The molecule has 0 aromatic heterocycles. The molecule has 14 heavy (non-hydrogen) atoms. The van der Waals surface area contributed by atoms with E-state index in [1.807, 2.05) is 36.4 Å². The lowest BCUT2D eigenvalue weighted by molar-refractivity contribution is -0.134. The van der Waals surface area contributed by atoms with Gasteiger partial charge in [0.1, 0.15) is 0 Å². The molecule has 1 aromatic rings. The molecule has 3 heteroatoms. The van der Waals surface area contributed by atoms with Crippen LogP contribution in [0.3, 0.4) is 0 Å². The molecule has 0 aliphatic rings. The van der Waals surface area contributed by atoms with E-state index in [1.54, 1.807) is 6.08 Å². The largest absolute Gasteiger partial charge is 0.481 e. The van der Waals surface area contributed by atoms with Gasteiger partial charge in [-0.15, -0.1) is 0 Å². The lowest BCUT2D eigenvalue weighted by Crippen LogP contribution is -1.78. The van der Waals surface area contributed by atoms with Crippen LogP contribution in [0.15, 0.2) is 36.4 Å². The Morgan fingerprint density at radius 2 is 1.86 bits per heavy atom. The Kier molecular flexibility index (Phi) is 7.09. The van der Waals surface area contributed by atoms with E-state index in [9.17, 15) is 0 Å². The van der Waals surface area contributed by atoms with E-state index in [2.05, 4.69) is 0 Å². The lowest BCUT2D eigenvalue weighted by Gasteiger charge is -1.88. The minimum atomic E-state index is -0.833. The van der Waals surface area contributed by atoms with Crippen LogP contribution < -0.4 is 0 Å². The van der Waals surface area contributed by atoms with Crippen molar-refractivity contribution in [3.05, 3.63) is 42.0 Å². The molecule has 0 amide bonds. The first kappa shape index (κ1) is 12.4. The minimum Gasteiger partial charge on any atom is -0.481 e. The van der Waals surface area contributed by atoms with E-state index in [1.165, 1.54) is 0 Å². The van der Waals surface area contributed by atoms with Crippen molar-refractivity contribution in [1.82, 2.24) is 0 Å². The van der Waals surface area contributed by atoms with Crippen molar-refractivity contribution in [2.75, 3.05) is 6.61 Å². The normalized spacial score (nSPS) is 9.29. The Balaban J connectivity index is 0.000000364. The molecule has 76 valence electrons. The van der Waals surface area contributed by atoms with Gasteiger partial charge in [0.25, 0.3) is 5.97 Å². The highest BCUT2D eigenvalue weighted by Crippen LogP contribution is 1.99. The van der Waals surface area contributed by atoms with Crippen LogP contribution in [0, 0.1) is 0 Å². The summed E-state index contributed by atoms with van der Waals surface area (Å²) in [6, 6.07) is 9.89. The summed E-state index contributed by atoms with van der Waals surface area (Å²) in [5.41, 5.74) is 1.12. The zero-order valence-corrected chi connectivity index (χ0v) is 8.05. The maximum atomic E-state index is 9.00. The van der Waals surface area contributed by atoms with Crippen molar-refractivity contribution in [3.8, 4) is 0 Å². The number of hydrogen-bond acceptors (Lipinski definition) is 2. The number of aliphatic hydroxyl groups is 1. The predicted octanol–water partition coefficient (Wildman–Crippen LogP) is 1.78. The fraction of sp³-hybridized carbons (Fsp3) is 0.182. The van der Waals surface area contributed by atoms with Gasteiger partial charge in [-0.25, -0.2) is 0 Å². The maximum Gasteiger partial charge on any atom is 0.300 e. The Bertz CT molecular complexity index is 274. The van der Waals surface area contributed by atoms with Crippen LogP contribution in [0.5, 0.6) is 0 Å². The molecule has 3 nitrogen and oxygen atoms in total. The topological polar surface area (TPSA) is 57.5 Å². The van der Waals surface area contributed by atoms with E-state index in [0.717, 1.165) is 12.5 Å². The summed E-state index contributed by atoms with van der Waals surface area (Å²) in [4.78, 5) is 9.00. The average molecular weight is 194 g/mol. The Morgan fingerprint density at radius 1 is 1.36 bits per heavy atom. The van der Waals surface area contributed by atoms with Crippen molar-refractivity contribution in [2.24, 2.45) is 0 Å². The zero-order valence-electron chi connectivity index (χ0n) is 8.05. The first-order valence-electron chi connectivity index (χ1n) is 4.18. The molecule has 0 fully saturated rings. The van der Waals surface area contributed by atoms with Crippen LogP contribution in [-0.2, 0) is 4.79 Å². The third kappa shape index (κ3) is 8.49. The van der Waals surface area contributed by atoms with E-state index in [-0.39, 0.29) is 6.61 Å². The third-order valence-electron chi connectivity index (χ3n) is 1.22. The minimum absolute atomic E-state index is 0.106. The molecule has 1 rings (SSSR count). The average Bonchev–Trinajstić information content (AvgIpc) is 2.15. The van der Waals surface area contributed by atoms with E-state index in [4.69, 9.17) is 15.0 Å². The first-order chi connectivity index (χ1) is 6.66. The van der Waals surface area contributed by atoms with Gasteiger partial charge in [0.15, 0.2) is 0 Å². The zero-order chi connectivity index (χ0) is 10.8. The lowest BCUT2D eigenvalue weighted by atomic mass is 10.2. The molecule has 0 unspecified atom stereocenters. The third-order valence-corrected chi connectivity index (χ3v) is 1.22. The smallest absolute Gasteiger partial charge is 0.300 e. The predicted molar refractivity (Wildman–Crippen MR) is 55.9 cm³/mol. The summed E-state index contributed by atoms with van der Waals surface area (Å²) in [7, 11) is 0.